The van der Waals surface area contributed by atoms with Crippen LogP contribution in [-0.2, 0) is 22.4 Å². The molecule has 28 heavy (non-hydrogen) atoms. The SMILES string of the molecule is C[C@@H](OC(=O)c1cc2c(s1)CCCCCC2)C(=O)NNC(=O)c1ccccc1. The molecule has 0 unspecified atom stereocenters. The molecule has 7 heteroatoms. The van der Waals surface area contributed by atoms with Gasteiger partial charge < -0.3 is 4.74 Å². The Morgan fingerprint density at radius 1 is 1.00 bits per heavy atom. The molecule has 1 aromatic carbocycles. The van der Waals surface area contributed by atoms with Crippen LogP contribution in [0.1, 0.15) is 63.1 Å². The zero-order valence-corrected chi connectivity index (χ0v) is 16.6. The first-order valence-corrected chi connectivity index (χ1v) is 10.3. The van der Waals surface area contributed by atoms with Gasteiger partial charge in [0.15, 0.2) is 6.10 Å². The first-order chi connectivity index (χ1) is 13.5. The number of aryl methyl sites for hydroxylation is 2. The molecule has 0 fully saturated rings. The van der Waals surface area contributed by atoms with Gasteiger partial charge in [-0.25, -0.2) is 4.79 Å². The van der Waals surface area contributed by atoms with E-state index in [4.69, 9.17) is 4.74 Å². The van der Waals surface area contributed by atoms with Gasteiger partial charge in [-0.1, -0.05) is 31.0 Å². The van der Waals surface area contributed by atoms with Crippen molar-refractivity contribution in [3.63, 3.8) is 0 Å². The molecule has 148 valence electrons. The standard InChI is InChI=1S/C21H24N2O4S/c1-14(19(24)22-23-20(25)15-9-6-4-7-10-15)27-21(26)18-13-16-11-5-2-3-8-12-17(16)28-18/h4,6-7,9-10,13-14H,2-3,5,8,11-12H2,1H3,(H,22,24)(H,23,25)/t14-/m1/s1. The molecule has 1 aliphatic carbocycles. The third kappa shape index (κ3) is 5.19. The lowest BCUT2D eigenvalue weighted by atomic mass is 10.00. The molecule has 1 atom stereocenters. The quantitative estimate of drug-likeness (QED) is 0.608. The van der Waals surface area contributed by atoms with Crippen LogP contribution in [0, 0.1) is 0 Å². The third-order valence-electron chi connectivity index (χ3n) is 4.69. The van der Waals surface area contributed by atoms with E-state index in [1.165, 1.54) is 41.5 Å². The Balaban J connectivity index is 1.53. The van der Waals surface area contributed by atoms with E-state index in [1.807, 2.05) is 6.07 Å². The summed E-state index contributed by atoms with van der Waals surface area (Å²) in [6, 6.07) is 10.4. The van der Waals surface area contributed by atoms with Gasteiger partial charge in [0.25, 0.3) is 11.8 Å². The fraction of sp³-hybridized carbons (Fsp3) is 0.381. The average Bonchev–Trinajstić information content (AvgIpc) is 3.08. The van der Waals surface area contributed by atoms with Crippen molar-refractivity contribution in [2.45, 2.75) is 51.6 Å². The highest BCUT2D eigenvalue weighted by molar-refractivity contribution is 7.14. The Morgan fingerprint density at radius 2 is 1.71 bits per heavy atom. The fourth-order valence-corrected chi connectivity index (χ4v) is 4.24. The fourth-order valence-electron chi connectivity index (χ4n) is 3.10. The predicted octanol–water partition coefficient (Wildman–Crippen LogP) is 3.41. The van der Waals surface area contributed by atoms with Crippen molar-refractivity contribution in [3.05, 3.63) is 57.3 Å². The van der Waals surface area contributed by atoms with Crippen LogP contribution in [0.2, 0.25) is 0 Å². The predicted molar refractivity (Wildman–Crippen MR) is 107 cm³/mol. The lowest BCUT2D eigenvalue weighted by Gasteiger charge is -2.13. The van der Waals surface area contributed by atoms with Crippen molar-refractivity contribution in [2.75, 3.05) is 0 Å². The topological polar surface area (TPSA) is 84.5 Å². The Bertz CT molecular complexity index is 822. The average molecular weight is 400 g/mol. The van der Waals surface area contributed by atoms with Crippen LogP contribution >= 0.6 is 11.3 Å². The highest BCUT2D eigenvalue weighted by atomic mass is 32.1. The number of benzene rings is 1. The molecule has 0 bridgehead atoms. The van der Waals surface area contributed by atoms with Crippen LogP contribution in [0.15, 0.2) is 36.4 Å². The second-order valence-corrected chi connectivity index (χ2v) is 7.97. The van der Waals surface area contributed by atoms with Crippen LogP contribution in [0.4, 0.5) is 0 Å². The number of carbonyl (C=O) groups excluding carboxylic acids is 3. The largest absolute Gasteiger partial charge is 0.448 e. The minimum absolute atomic E-state index is 0.420. The monoisotopic (exact) mass is 400 g/mol. The number of carbonyl (C=O) groups is 3. The number of nitrogens with one attached hydrogen (secondary N) is 2. The Kier molecular flexibility index (Phi) is 6.81. The molecule has 0 saturated heterocycles. The normalized spacial score (nSPS) is 14.8. The second kappa shape index (κ2) is 9.50. The Labute approximate surface area is 168 Å². The lowest BCUT2D eigenvalue weighted by Crippen LogP contribution is -2.46. The summed E-state index contributed by atoms with van der Waals surface area (Å²) in [4.78, 5) is 38.3. The van der Waals surface area contributed by atoms with E-state index >= 15 is 0 Å². The molecule has 2 N–H and O–H groups in total. The first-order valence-electron chi connectivity index (χ1n) is 9.52. The lowest BCUT2D eigenvalue weighted by molar-refractivity contribution is -0.129. The summed E-state index contributed by atoms with van der Waals surface area (Å²) in [6.07, 6.45) is 5.69. The summed E-state index contributed by atoms with van der Waals surface area (Å²) >= 11 is 1.46. The number of amides is 2. The summed E-state index contributed by atoms with van der Waals surface area (Å²) in [5.74, 6) is -1.54. The molecule has 0 saturated carbocycles. The molecule has 1 heterocycles. The van der Waals surface area contributed by atoms with Gasteiger partial charge in [-0.2, -0.15) is 0 Å². The first kappa shape index (κ1) is 20.1. The molecular weight excluding hydrogens is 376 g/mol. The van der Waals surface area contributed by atoms with Crippen molar-refractivity contribution < 1.29 is 19.1 Å². The van der Waals surface area contributed by atoms with Gasteiger partial charge in [-0.15, -0.1) is 11.3 Å². The second-order valence-electron chi connectivity index (χ2n) is 6.83. The number of ether oxygens (including phenoxy) is 1. The van der Waals surface area contributed by atoms with Crippen LogP contribution in [0.5, 0.6) is 0 Å². The molecule has 1 aliphatic rings. The molecule has 2 amide bonds. The van der Waals surface area contributed by atoms with Gasteiger partial charge in [-0.3, -0.25) is 20.4 Å². The minimum atomic E-state index is -1.02. The summed E-state index contributed by atoms with van der Waals surface area (Å²) in [7, 11) is 0. The van der Waals surface area contributed by atoms with Crippen molar-refractivity contribution in [1.82, 2.24) is 10.9 Å². The maximum absolute atomic E-state index is 12.4. The smallest absolute Gasteiger partial charge is 0.349 e. The number of thiophene rings is 1. The van der Waals surface area contributed by atoms with Gasteiger partial charge >= 0.3 is 5.97 Å². The van der Waals surface area contributed by atoms with E-state index in [1.54, 1.807) is 30.3 Å². The Morgan fingerprint density at radius 3 is 2.46 bits per heavy atom. The maximum atomic E-state index is 12.4. The highest BCUT2D eigenvalue weighted by Gasteiger charge is 2.22. The van der Waals surface area contributed by atoms with Crippen LogP contribution in [0.3, 0.4) is 0 Å². The van der Waals surface area contributed by atoms with E-state index in [2.05, 4.69) is 10.9 Å². The zero-order valence-electron chi connectivity index (χ0n) is 15.8. The highest BCUT2D eigenvalue weighted by Crippen LogP contribution is 2.29. The van der Waals surface area contributed by atoms with Gasteiger partial charge in [0.1, 0.15) is 4.88 Å². The third-order valence-corrected chi connectivity index (χ3v) is 5.90. The zero-order chi connectivity index (χ0) is 19.9. The molecule has 3 rings (SSSR count). The molecule has 0 radical (unpaired) electrons. The van der Waals surface area contributed by atoms with E-state index in [0.29, 0.717) is 10.4 Å². The molecule has 2 aromatic rings. The molecule has 0 aliphatic heterocycles. The molecule has 1 aromatic heterocycles. The van der Waals surface area contributed by atoms with E-state index in [-0.39, 0.29) is 0 Å². The van der Waals surface area contributed by atoms with Crippen LogP contribution in [0.25, 0.3) is 0 Å². The number of hydrazine groups is 1. The van der Waals surface area contributed by atoms with Gasteiger partial charge in [0, 0.05) is 10.4 Å². The number of fused-ring (bicyclic) bond motifs is 1. The van der Waals surface area contributed by atoms with Crippen LogP contribution in [-0.4, -0.2) is 23.9 Å². The molecule has 6 nitrogen and oxygen atoms in total. The number of hydrogen-bond acceptors (Lipinski definition) is 5. The summed E-state index contributed by atoms with van der Waals surface area (Å²) in [5, 5.41) is 0. The van der Waals surface area contributed by atoms with Crippen molar-refractivity contribution >= 4 is 29.1 Å². The van der Waals surface area contributed by atoms with E-state index in [9.17, 15) is 14.4 Å². The number of hydrogen-bond donors (Lipinski definition) is 2. The van der Waals surface area contributed by atoms with Crippen molar-refractivity contribution in [3.8, 4) is 0 Å². The number of rotatable bonds is 4. The Hall–Kier alpha value is -2.67. The molecular formula is C21H24N2O4S. The van der Waals surface area contributed by atoms with Gasteiger partial charge in [-0.05, 0) is 56.4 Å². The maximum Gasteiger partial charge on any atom is 0.349 e. The van der Waals surface area contributed by atoms with Crippen molar-refractivity contribution in [1.29, 1.82) is 0 Å². The van der Waals surface area contributed by atoms with E-state index < -0.39 is 23.9 Å². The summed E-state index contributed by atoms with van der Waals surface area (Å²) in [6.45, 7) is 1.48. The van der Waals surface area contributed by atoms with Crippen molar-refractivity contribution in [2.24, 2.45) is 0 Å². The van der Waals surface area contributed by atoms with Gasteiger partial charge in [0.2, 0.25) is 0 Å². The van der Waals surface area contributed by atoms with Gasteiger partial charge in [0.05, 0.1) is 0 Å². The summed E-state index contributed by atoms with van der Waals surface area (Å²) < 4.78 is 5.28. The minimum Gasteiger partial charge on any atom is -0.448 e. The molecule has 0 spiro atoms. The van der Waals surface area contributed by atoms with E-state index in [0.717, 1.165) is 25.7 Å². The van der Waals surface area contributed by atoms with Crippen LogP contribution < -0.4 is 10.9 Å². The number of esters is 1. The summed E-state index contributed by atoms with van der Waals surface area (Å²) in [5.41, 5.74) is 6.26.